The van der Waals surface area contributed by atoms with E-state index in [1.54, 1.807) is 11.8 Å². The Bertz CT molecular complexity index is 762. The smallest absolute Gasteiger partial charge is 0.207 e. The largest absolute Gasteiger partial charge is 0.507 e. The fourth-order valence-electron chi connectivity index (χ4n) is 3.04. The summed E-state index contributed by atoms with van der Waals surface area (Å²) in [6, 6.07) is 4.16. The number of benzene rings is 1. The first-order valence-corrected chi connectivity index (χ1v) is 10.3. The lowest BCUT2D eigenvalue weighted by Crippen LogP contribution is -2.17. The van der Waals surface area contributed by atoms with Crippen LogP contribution in [0.4, 0.5) is 0 Å². The van der Waals surface area contributed by atoms with E-state index in [-0.39, 0.29) is 22.7 Å². The summed E-state index contributed by atoms with van der Waals surface area (Å²) in [6.45, 7) is 16.7. The molecule has 2 rings (SSSR count). The van der Waals surface area contributed by atoms with Crippen molar-refractivity contribution in [3.05, 3.63) is 40.6 Å². The van der Waals surface area contributed by atoms with Crippen LogP contribution in [0.25, 0.3) is 0 Å². The second-order valence-corrected chi connectivity index (χ2v) is 10.6. The molecule has 0 aliphatic rings. The van der Waals surface area contributed by atoms with Gasteiger partial charge in [0.25, 0.3) is 0 Å². The van der Waals surface area contributed by atoms with E-state index >= 15 is 0 Å². The molecule has 1 aromatic heterocycles. The van der Waals surface area contributed by atoms with Gasteiger partial charge in [-0.3, -0.25) is 0 Å². The SMILES string of the molecule is Cc1oc(C(C)Sc2cc(C(C)(C)C)c(O)c(C(C)(C)C)c2)nc1CCO. The molecule has 0 saturated carbocycles. The van der Waals surface area contributed by atoms with Gasteiger partial charge in [-0.25, -0.2) is 4.98 Å². The number of thioether (sulfide) groups is 1. The topological polar surface area (TPSA) is 66.5 Å². The molecule has 2 aromatic rings. The minimum Gasteiger partial charge on any atom is -0.507 e. The summed E-state index contributed by atoms with van der Waals surface area (Å²) >= 11 is 1.68. The molecule has 0 aliphatic carbocycles. The van der Waals surface area contributed by atoms with Gasteiger partial charge < -0.3 is 14.6 Å². The maximum Gasteiger partial charge on any atom is 0.207 e. The van der Waals surface area contributed by atoms with E-state index < -0.39 is 0 Å². The number of hydrogen-bond acceptors (Lipinski definition) is 5. The third-order valence-electron chi connectivity index (χ3n) is 4.62. The van der Waals surface area contributed by atoms with Crippen molar-refractivity contribution in [1.82, 2.24) is 4.98 Å². The van der Waals surface area contributed by atoms with Gasteiger partial charge in [-0.15, -0.1) is 11.8 Å². The average molecular weight is 392 g/mol. The summed E-state index contributed by atoms with van der Waals surface area (Å²) < 4.78 is 5.83. The second kappa shape index (κ2) is 7.88. The van der Waals surface area contributed by atoms with Crippen molar-refractivity contribution in [2.75, 3.05) is 6.61 Å². The fourth-order valence-corrected chi connectivity index (χ4v) is 4.02. The Morgan fingerprint density at radius 1 is 1.07 bits per heavy atom. The maximum absolute atomic E-state index is 10.9. The number of phenols is 1. The number of aryl methyl sites for hydroxylation is 1. The summed E-state index contributed by atoms with van der Waals surface area (Å²) in [5.74, 6) is 1.83. The van der Waals surface area contributed by atoms with Crippen LogP contribution in [-0.2, 0) is 17.3 Å². The van der Waals surface area contributed by atoms with Crippen molar-refractivity contribution in [3.63, 3.8) is 0 Å². The molecule has 0 spiro atoms. The average Bonchev–Trinajstić information content (AvgIpc) is 2.88. The number of rotatable bonds is 5. The molecule has 150 valence electrons. The lowest BCUT2D eigenvalue weighted by Gasteiger charge is -2.28. The molecule has 1 heterocycles. The van der Waals surface area contributed by atoms with Crippen molar-refractivity contribution < 1.29 is 14.6 Å². The maximum atomic E-state index is 10.9. The number of hydrogen-bond donors (Lipinski definition) is 2. The van der Waals surface area contributed by atoms with Crippen LogP contribution in [0, 0.1) is 6.92 Å². The summed E-state index contributed by atoms with van der Waals surface area (Å²) in [5, 5.41) is 20.1. The molecule has 2 N–H and O–H groups in total. The van der Waals surface area contributed by atoms with Gasteiger partial charge in [0.15, 0.2) is 0 Å². The Morgan fingerprint density at radius 2 is 1.59 bits per heavy atom. The Morgan fingerprint density at radius 3 is 2.04 bits per heavy atom. The zero-order valence-corrected chi connectivity index (χ0v) is 18.6. The standard InChI is InChI=1S/C22H33NO3S/c1-13-18(9-10-24)23-20(26-13)14(2)27-15-11-16(21(3,4)5)19(25)17(12-15)22(6,7)8/h11-12,14,24-25H,9-10H2,1-8H3. The number of aromatic hydroxyl groups is 1. The number of aliphatic hydroxyl groups excluding tert-OH is 1. The van der Waals surface area contributed by atoms with Gasteiger partial charge in [0.1, 0.15) is 11.5 Å². The summed E-state index contributed by atoms with van der Waals surface area (Å²) in [5.41, 5.74) is 2.41. The third kappa shape index (κ3) is 5.08. The van der Waals surface area contributed by atoms with Crippen molar-refractivity contribution in [3.8, 4) is 5.75 Å². The zero-order valence-electron chi connectivity index (χ0n) is 17.8. The van der Waals surface area contributed by atoms with E-state index in [1.807, 2.05) is 6.92 Å². The van der Waals surface area contributed by atoms with Gasteiger partial charge in [-0.2, -0.15) is 0 Å². The molecule has 0 saturated heterocycles. The van der Waals surface area contributed by atoms with E-state index in [0.29, 0.717) is 18.1 Å². The Balaban J connectivity index is 2.42. The van der Waals surface area contributed by atoms with E-state index in [4.69, 9.17) is 9.52 Å². The first kappa shape index (κ1) is 21.8. The molecule has 1 unspecified atom stereocenters. The van der Waals surface area contributed by atoms with Crippen LogP contribution in [0.3, 0.4) is 0 Å². The van der Waals surface area contributed by atoms with E-state index in [9.17, 15) is 5.11 Å². The van der Waals surface area contributed by atoms with Crippen LogP contribution in [-0.4, -0.2) is 21.8 Å². The molecule has 1 atom stereocenters. The molecule has 0 bridgehead atoms. The number of aliphatic hydroxyl groups is 1. The second-order valence-electron chi connectivity index (χ2n) is 9.16. The summed E-state index contributed by atoms with van der Waals surface area (Å²) in [4.78, 5) is 5.65. The van der Waals surface area contributed by atoms with Crippen LogP contribution in [0.2, 0.25) is 0 Å². The molecule has 0 amide bonds. The van der Waals surface area contributed by atoms with E-state index in [1.165, 1.54) is 0 Å². The Labute approximate surface area is 167 Å². The highest BCUT2D eigenvalue weighted by Gasteiger charge is 2.27. The molecular weight excluding hydrogens is 358 g/mol. The number of aromatic nitrogens is 1. The van der Waals surface area contributed by atoms with Crippen LogP contribution in [0.15, 0.2) is 21.4 Å². The number of nitrogens with zero attached hydrogens (tertiary/aromatic N) is 1. The van der Waals surface area contributed by atoms with Gasteiger partial charge >= 0.3 is 0 Å². The highest BCUT2D eigenvalue weighted by Crippen LogP contribution is 2.44. The van der Waals surface area contributed by atoms with Crippen molar-refractivity contribution in [2.45, 2.75) is 82.8 Å². The molecule has 0 aliphatic heterocycles. The van der Waals surface area contributed by atoms with Gasteiger partial charge in [0, 0.05) is 29.1 Å². The first-order chi connectivity index (χ1) is 12.3. The summed E-state index contributed by atoms with van der Waals surface area (Å²) in [6.07, 6.45) is 0.508. The van der Waals surface area contributed by atoms with Crippen LogP contribution in [0.1, 0.15) is 82.2 Å². The molecule has 5 heteroatoms. The van der Waals surface area contributed by atoms with Crippen LogP contribution >= 0.6 is 11.8 Å². The molecule has 1 aromatic carbocycles. The van der Waals surface area contributed by atoms with Crippen LogP contribution < -0.4 is 0 Å². The molecule has 0 radical (unpaired) electrons. The van der Waals surface area contributed by atoms with Gasteiger partial charge in [-0.1, -0.05) is 41.5 Å². The zero-order chi connectivity index (χ0) is 20.6. The Kier molecular flexibility index (Phi) is 6.37. The lowest BCUT2D eigenvalue weighted by molar-refractivity contribution is 0.297. The molecule has 27 heavy (non-hydrogen) atoms. The van der Waals surface area contributed by atoms with Crippen molar-refractivity contribution in [1.29, 1.82) is 0 Å². The first-order valence-electron chi connectivity index (χ1n) is 9.46. The molecule has 4 nitrogen and oxygen atoms in total. The van der Waals surface area contributed by atoms with Crippen molar-refractivity contribution in [2.24, 2.45) is 0 Å². The minimum atomic E-state index is -0.155. The Hall–Kier alpha value is -1.46. The monoisotopic (exact) mass is 391 g/mol. The summed E-state index contributed by atoms with van der Waals surface area (Å²) in [7, 11) is 0. The quantitative estimate of drug-likeness (QED) is 0.643. The molecule has 0 fully saturated rings. The van der Waals surface area contributed by atoms with Gasteiger partial charge in [0.05, 0.1) is 10.9 Å². The number of oxazole rings is 1. The highest BCUT2D eigenvalue weighted by molar-refractivity contribution is 7.99. The highest BCUT2D eigenvalue weighted by atomic mass is 32.2. The molecular formula is C22H33NO3S. The predicted octanol–water partition coefficient (Wildman–Crippen LogP) is 5.67. The van der Waals surface area contributed by atoms with E-state index in [0.717, 1.165) is 27.5 Å². The minimum absolute atomic E-state index is 0.0290. The number of phenolic OH excluding ortho intramolecular Hbond substituents is 1. The van der Waals surface area contributed by atoms with Crippen LogP contribution in [0.5, 0.6) is 5.75 Å². The normalized spacial score (nSPS) is 13.8. The third-order valence-corrected chi connectivity index (χ3v) is 5.68. The van der Waals surface area contributed by atoms with Gasteiger partial charge in [0.2, 0.25) is 5.89 Å². The lowest BCUT2D eigenvalue weighted by atomic mass is 9.79. The predicted molar refractivity (Wildman–Crippen MR) is 112 cm³/mol. The van der Waals surface area contributed by atoms with Crippen molar-refractivity contribution >= 4 is 11.8 Å². The van der Waals surface area contributed by atoms with Gasteiger partial charge in [-0.05, 0) is 36.8 Å². The fraction of sp³-hybridized carbons (Fsp3) is 0.591. The van der Waals surface area contributed by atoms with E-state index in [2.05, 4.69) is 65.6 Å².